The Morgan fingerprint density at radius 1 is 1.07 bits per heavy atom. The van der Waals surface area contributed by atoms with Crippen molar-refractivity contribution in [2.75, 3.05) is 6.61 Å². The van der Waals surface area contributed by atoms with Crippen molar-refractivity contribution in [3.05, 3.63) is 0 Å². The number of hydrogen-bond donors (Lipinski definition) is 5. The van der Waals surface area contributed by atoms with Crippen LogP contribution < -0.4 is 5.73 Å². The molecule has 0 saturated carbocycles. The maximum Gasteiger partial charge on any atom is 0.322 e. The predicted octanol–water partition coefficient (Wildman–Crippen LogP) is -1.43. The van der Waals surface area contributed by atoms with Crippen LogP contribution in [-0.4, -0.2) is 51.0 Å². The average molecular weight is 225 g/mol. The van der Waals surface area contributed by atoms with Gasteiger partial charge < -0.3 is 26.2 Å². The molecule has 0 spiro atoms. The number of carboxylic acids is 3. The number of aliphatic hydroxyl groups excluding tert-OH is 1. The van der Waals surface area contributed by atoms with Gasteiger partial charge in [0.05, 0.1) is 6.61 Å². The van der Waals surface area contributed by atoms with Gasteiger partial charge in [0.25, 0.3) is 11.9 Å². The van der Waals surface area contributed by atoms with Gasteiger partial charge in [-0.2, -0.15) is 0 Å². The third kappa shape index (κ3) is 70.2. The average Bonchev–Trinajstić information content (AvgIpc) is 2.00. The van der Waals surface area contributed by atoms with Gasteiger partial charge >= 0.3 is 5.97 Å². The maximum absolute atomic E-state index is 9.65. The summed E-state index contributed by atoms with van der Waals surface area (Å²) in [6.45, 7) is 1.66. The SMILES string of the molecule is CC(=O)O.CC(=O)O.N[C@@H](CO)C(=O)O. The fourth-order valence-corrected chi connectivity index (χ4v) is 0.0781. The van der Waals surface area contributed by atoms with E-state index in [1.807, 2.05) is 0 Å². The molecule has 0 aromatic carbocycles. The molecule has 1 atom stereocenters. The van der Waals surface area contributed by atoms with Gasteiger partial charge in [0.2, 0.25) is 0 Å². The highest BCUT2D eigenvalue weighted by molar-refractivity contribution is 5.73. The summed E-state index contributed by atoms with van der Waals surface area (Å²) in [4.78, 5) is 27.6. The first-order valence-corrected chi connectivity index (χ1v) is 3.63. The van der Waals surface area contributed by atoms with Crippen LogP contribution in [0.25, 0.3) is 0 Å². The van der Waals surface area contributed by atoms with Crippen LogP contribution in [0.4, 0.5) is 0 Å². The summed E-state index contributed by atoms with van der Waals surface area (Å²) in [6, 6.07) is -1.13. The van der Waals surface area contributed by atoms with E-state index in [1.165, 1.54) is 0 Å². The van der Waals surface area contributed by atoms with E-state index in [4.69, 9.17) is 35.7 Å². The molecule has 0 rings (SSSR count). The summed E-state index contributed by atoms with van der Waals surface area (Å²) < 4.78 is 0. The molecule has 0 saturated heterocycles. The molecule has 0 unspecified atom stereocenters. The molecule has 8 nitrogen and oxygen atoms in total. The molecule has 6 N–H and O–H groups in total. The fourth-order valence-electron chi connectivity index (χ4n) is 0.0781. The van der Waals surface area contributed by atoms with E-state index in [1.54, 1.807) is 0 Å². The number of carbonyl (C=O) groups is 3. The van der Waals surface area contributed by atoms with E-state index in [0.717, 1.165) is 13.8 Å². The van der Waals surface area contributed by atoms with Crippen molar-refractivity contribution in [2.45, 2.75) is 19.9 Å². The van der Waals surface area contributed by atoms with Gasteiger partial charge in [-0.05, 0) is 0 Å². The molecule has 15 heavy (non-hydrogen) atoms. The lowest BCUT2D eigenvalue weighted by Gasteiger charge is -1.96. The normalized spacial score (nSPS) is 9.60. The third-order valence-electron chi connectivity index (χ3n) is 0.514. The summed E-state index contributed by atoms with van der Waals surface area (Å²) in [5, 5.41) is 30.7. The molecular weight excluding hydrogens is 210 g/mol. The number of carboxylic acid groups (broad SMARTS) is 3. The monoisotopic (exact) mass is 225 g/mol. The quantitative estimate of drug-likeness (QED) is 0.382. The molecule has 0 heterocycles. The minimum atomic E-state index is -1.18. The summed E-state index contributed by atoms with van der Waals surface area (Å²) in [5.74, 6) is -2.84. The summed E-state index contributed by atoms with van der Waals surface area (Å²) in [5.41, 5.74) is 4.77. The molecule has 0 aliphatic carbocycles. The van der Waals surface area contributed by atoms with Gasteiger partial charge in [-0.15, -0.1) is 0 Å². The van der Waals surface area contributed by atoms with Crippen molar-refractivity contribution in [2.24, 2.45) is 5.73 Å². The van der Waals surface area contributed by atoms with E-state index in [-0.39, 0.29) is 0 Å². The van der Waals surface area contributed by atoms with E-state index in [2.05, 4.69) is 0 Å². The van der Waals surface area contributed by atoms with Crippen molar-refractivity contribution in [1.29, 1.82) is 0 Å². The fraction of sp³-hybridized carbons (Fsp3) is 0.571. The van der Waals surface area contributed by atoms with E-state index < -0.39 is 30.6 Å². The zero-order valence-corrected chi connectivity index (χ0v) is 8.38. The van der Waals surface area contributed by atoms with E-state index in [9.17, 15) is 4.79 Å². The third-order valence-corrected chi connectivity index (χ3v) is 0.514. The number of aliphatic carboxylic acids is 3. The Morgan fingerprint density at radius 3 is 1.27 bits per heavy atom. The molecule has 0 aliphatic rings. The van der Waals surface area contributed by atoms with Crippen molar-refractivity contribution in [1.82, 2.24) is 0 Å². The molecule has 0 fully saturated rings. The first kappa shape index (κ1) is 19.0. The minimum Gasteiger partial charge on any atom is -0.481 e. The van der Waals surface area contributed by atoms with E-state index in [0.29, 0.717) is 0 Å². The van der Waals surface area contributed by atoms with Crippen molar-refractivity contribution in [3.8, 4) is 0 Å². The van der Waals surface area contributed by atoms with Gasteiger partial charge in [0.15, 0.2) is 0 Å². The second kappa shape index (κ2) is 12.3. The van der Waals surface area contributed by atoms with Crippen LogP contribution in [0.3, 0.4) is 0 Å². The van der Waals surface area contributed by atoms with Crippen LogP contribution in [0.2, 0.25) is 0 Å². The van der Waals surface area contributed by atoms with Crippen molar-refractivity contribution in [3.63, 3.8) is 0 Å². The highest BCUT2D eigenvalue weighted by Crippen LogP contribution is 1.71. The highest BCUT2D eigenvalue weighted by Gasteiger charge is 2.06. The Labute approximate surface area is 85.9 Å². The molecule has 0 radical (unpaired) electrons. The van der Waals surface area contributed by atoms with Gasteiger partial charge in [-0.1, -0.05) is 0 Å². The van der Waals surface area contributed by atoms with E-state index >= 15 is 0 Å². The molecule has 0 aliphatic heterocycles. The van der Waals surface area contributed by atoms with Crippen LogP contribution in [0.5, 0.6) is 0 Å². The molecule has 0 aromatic heterocycles. The number of nitrogens with two attached hydrogens (primary N) is 1. The summed E-state index contributed by atoms with van der Waals surface area (Å²) in [7, 11) is 0. The zero-order chi connectivity index (χ0) is 13.0. The lowest BCUT2D eigenvalue weighted by atomic mass is 10.3. The number of rotatable bonds is 2. The predicted molar refractivity (Wildman–Crippen MR) is 49.3 cm³/mol. The van der Waals surface area contributed by atoms with Crippen molar-refractivity contribution < 1.29 is 34.8 Å². The first-order valence-electron chi connectivity index (χ1n) is 3.63. The van der Waals surface area contributed by atoms with Crippen LogP contribution in [0, 0.1) is 0 Å². The van der Waals surface area contributed by atoms with Crippen molar-refractivity contribution >= 4 is 17.9 Å². The molecular formula is C7H15NO7. The number of hydrogen-bond acceptors (Lipinski definition) is 5. The zero-order valence-electron chi connectivity index (χ0n) is 8.38. The Hall–Kier alpha value is -1.67. The Kier molecular flexibility index (Phi) is 15.6. The van der Waals surface area contributed by atoms with Gasteiger partial charge in [0, 0.05) is 13.8 Å². The summed E-state index contributed by atoms with van der Waals surface area (Å²) >= 11 is 0. The second-order valence-corrected chi connectivity index (χ2v) is 2.17. The van der Waals surface area contributed by atoms with Gasteiger partial charge in [0.1, 0.15) is 6.04 Å². The largest absolute Gasteiger partial charge is 0.481 e. The molecule has 0 aromatic rings. The topological polar surface area (TPSA) is 158 Å². The Morgan fingerprint density at radius 2 is 1.27 bits per heavy atom. The summed E-state index contributed by atoms with van der Waals surface area (Å²) in [6.07, 6.45) is 0. The van der Waals surface area contributed by atoms with Crippen LogP contribution in [-0.2, 0) is 14.4 Å². The van der Waals surface area contributed by atoms with Gasteiger partial charge in [-0.3, -0.25) is 14.4 Å². The molecule has 8 heteroatoms. The lowest BCUT2D eigenvalue weighted by molar-refractivity contribution is -0.139. The molecule has 90 valence electrons. The van der Waals surface area contributed by atoms with Crippen LogP contribution in [0.15, 0.2) is 0 Å². The second-order valence-electron chi connectivity index (χ2n) is 2.17. The highest BCUT2D eigenvalue weighted by atomic mass is 16.4. The smallest absolute Gasteiger partial charge is 0.322 e. The van der Waals surface area contributed by atoms with Crippen LogP contribution in [0.1, 0.15) is 13.8 Å². The Balaban J connectivity index is -0.000000155. The lowest BCUT2D eigenvalue weighted by Crippen LogP contribution is -2.33. The standard InChI is InChI=1S/C3H7NO3.2C2H4O2/c4-2(1-5)3(6)7;2*1-2(3)4/h2,5H,1,4H2,(H,6,7);2*1H3,(H,3,4)/t2-;;/m0../s1. The number of aliphatic hydroxyl groups is 1. The van der Waals surface area contributed by atoms with Crippen LogP contribution >= 0.6 is 0 Å². The molecule has 0 bridgehead atoms. The van der Waals surface area contributed by atoms with Gasteiger partial charge in [-0.25, -0.2) is 0 Å². The maximum atomic E-state index is 9.65. The molecule has 0 amide bonds. The first-order chi connectivity index (χ1) is 6.64. The minimum absolute atomic E-state index is 0.505. The Bertz CT molecular complexity index is 184.